The maximum absolute atomic E-state index is 11.7. The van der Waals surface area contributed by atoms with Gasteiger partial charge in [0, 0.05) is 24.9 Å². The summed E-state index contributed by atoms with van der Waals surface area (Å²) in [7, 11) is -3.81. The fraction of sp³-hybridized carbons (Fsp3) is 0.538. The van der Waals surface area contributed by atoms with Gasteiger partial charge in [-0.05, 0) is 43.9 Å². The van der Waals surface area contributed by atoms with E-state index in [-0.39, 0.29) is 17.5 Å². The van der Waals surface area contributed by atoms with Crippen molar-refractivity contribution in [1.29, 1.82) is 0 Å². The van der Waals surface area contributed by atoms with Crippen LogP contribution in [0.15, 0.2) is 23.1 Å². The summed E-state index contributed by atoms with van der Waals surface area (Å²) in [6.07, 6.45) is 3.55. The first-order chi connectivity index (χ1) is 9.43. The fourth-order valence-corrected chi connectivity index (χ4v) is 3.55. The molecule has 0 radical (unpaired) electrons. The van der Waals surface area contributed by atoms with Crippen LogP contribution in [0.3, 0.4) is 0 Å². The van der Waals surface area contributed by atoms with Crippen LogP contribution in [0, 0.1) is 0 Å². The molecule has 1 heterocycles. The predicted molar refractivity (Wildman–Crippen MR) is 78.9 cm³/mol. The van der Waals surface area contributed by atoms with E-state index in [1.165, 1.54) is 6.07 Å². The molecule has 6 nitrogen and oxygen atoms in total. The molecule has 1 aliphatic heterocycles. The van der Waals surface area contributed by atoms with Gasteiger partial charge in [0.25, 0.3) is 0 Å². The van der Waals surface area contributed by atoms with Crippen molar-refractivity contribution in [3.05, 3.63) is 18.2 Å². The normalized spacial score (nSPS) is 19.5. The van der Waals surface area contributed by atoms with Crippen LogP contribution in [0.4, 0.5) is 11.4 Å². The lowest BCUT2D eigenvalue weighted by molar-refractivity contribution is 0.279. The molecule has 0 saturated carbocycles. The molecule has 0 amide bonds. The topological polar surface area (TPSA) is 110 Å². The first-order valence-electron chi connectivity index (χ1n) is 6.73. The molecule has 0 bridgehead atoms. The number of sulfonamides is 1. The molecular formula is C13H21N3O3S. The molecule has 7 heteroatoms. The maximum atomic E-state index is 11.7. The van der Waals surface area contributed by atoms with Crippen LogP contribution in [0.5, 0.6) is 0 Å². The zero-order chi connectivity index (χ0) is 14.8. The van der Waals surface area contributed by atoms with Crippen LogP contribution in [-0.2, 0) is 10.0 Å². The van der Waals surface area contributed by atoms with Crippen molar-refractivity contribution in [2.45, 2.75) is 36.6 Å². The number of hydrogen-bond acceptors (Lipinski definition) is 5. The lowest BCUT2D eigenvalue weighted by Gasteiger charge is -2.28. The zero-order valence-electron chi connectivity index (χ0n) is 11.3. The summed E-state index contributed by atoms with van der Waals surface area (Å²) in [5, 5.41) is 14.2. The smallest absolute Gasteiger partial charge is 0.240 e. The lowest BCUT2D eigenvalue weighted by Crippen LogP contribution is -2.31. The van der Waals surface area contributed by atoms with Gasteiger partial charge in [-0.2, -0.15) is 0 Å². The second kappa shape index (κ2) is 5.99. The number of rotatable bonds is 5. The largest absolute Gasteiger partial charge is 0.399 e. The maximum Gasteiger partial charge on any atom is 0.240 e. The first-order valence-corrected chi connectivity index (χ1v) is 8.28. The molecule has 5 N–H and O–H groups in total. The molecule has 2 rings (SSSR count). The van der Waals surface area contributed by atoms with E-state index in [4.69, 9.17) is 16.0 Å². The van der Waals surface area contributed by atoms with E-state index in [0.717, 1.165) is 25.8 Å². The summed E-state index contributed by atoms with van der Waals surface area (Å²) in [6, 6.07) is 5.05. The van der Waals surface area contributed by atoms with Gasteiger partial charge in [0.1, 0.15) is 4.90 Å². The average molecular weight is 299 g/mol. The highest BCUT2D eigenvalue weighted by Gasteiger charge is 2.28. The SMILES string of the molecule is Nc1ccc(N2CCCC2CCCO)c(S(N)(=O)=O)c1. The minimum atomic E-state index is -3.81. The third kappa shape index (κ3) is 3.23. The van der Waals surface area contributed by atoms with Crippen molar-refractivity contribution in [3.63, 3.8) is 0 Å². The minimum absolute atomic E-state index is 0.0772. The number of nitrogens with two attached hydrogens (primary N) is 2. The van der Waals surface area contributed by atoms with E-state index in [2.05, 4.69) is 4.90 Å². The zero-order valence-corrected chi connectivity index (χ0v) is 12.1. The molecule has 0 spiro atoms. The Morgan fingerprint density at radius 3 is 2.80 bits per heavy atom. The molecule has 20 heavy (non-hydrogen) atoms. The van der Waals surface area contributed by atoms with Crippen LogP contribution in [0.25, 0.3) is 0 Å². The fourth-order valence-electron chi connectivity index (χ4n) is 2.78. The predicted octanol–water partition coefficient (Wildman–Crippen LogP) is 0.658. The van der Waals surface area contributed by atoms with Gasteiger partial charge in [-0.25, -0.2) is 13.6 Å². The number of aliphatic hydroxyl groups excluding tert-OH is 1. The quantitative estimate of drug-likeness (QED) is 0.692. The van der Waals surface area contributed by atoms with Gasteiger partial charge in [-0.15, -0.1) is 0 Å². The Balaban J connectivity index is 2.36. The van der Waals surface area contributed by atoms with E-state index in [0.29, 0.717) is 17.8 Å². The number of aliphatic hydroxyl groups is 1. The standard InChI is InChI=1S/C13H21N3O3S/c14-10-5-6-12(13(9-10)20(15,18)19)16-7-1-3-11(16)4-2-8-17/h5-6,9,11,17H,1-4,7-8,14H2,(H2,15,18,19). The van der Waals surface area contributed by atoms with Crippen molar-refractivity contribution < 1.29 is 13.5 Å². The van der Waals surface area contributed by atoms with E-state index in [1.54, 1.807) is 12.1 Å². The summed E-state index contributed by atoms with van der Waals surface area (Å²) >= 11 is 0. The van der Waals surface area contributed by atoms with Gasteiger partial charge < -0.3 is 15.7 Å². The van der Waals surface area contributed by atoms with Crippen molar-refractivity contribution in [2.24, 2.45) is 5.14 Å². The molecule has 1 unspecified atom stereocenters. The number of nitrogen functional groups attached to an aromatic ring is 1. The van der Waals surface area contributed by atoms with Crippen molar-refractivity contribution in [2.75, 3.05) is 23.8 Å². The summed E-state index contributed by atoms with van der Waals surface area (Å²) in [6.45, 7) is 0.941. The van der Waals surface area contributed by atoms with E-state index in [9.17, 15) is 8.42 Å². The van der Waals surface area contributed by atoms with Crippen LogP contribution >= 0.6 is 0 Å². The second-order valence-electron chi connectivity index (χ2n) is 5.13. The summed E-state index contributed by atoms with van der Waals surface area (Å²) in [5.74, 6) is 0. The Kier molecular flexibility index (Phi) is 4.52. The van der Waals surface area contributed by atoms with Gasteiger partial charge >= 0.3 is 0 Å². The highest BCUT2D eigenvalue weighted by molar-refractivity contribution is 7.89. The highest BCUT2D eigenvalue weighted by atomic mass is 32.2. The summed E-state index contributed by atoms with van der Waals surface area (Å²) < 4.78 is 23.5. The number of benzene rings is 1. The lowest BCUT2D eigenvalue weighted by atomic mass is 10.1. The van der Waals surface area contributed by atoms with Crippen LogP contribution in [0.1, 0.15) is 25.7 Å². The molecular weight excluding hydrogens is 278 g/mol. The number of anilines is 2. The van der Waals surface area contributed by atoms with Gasteiger partial charge in [0.15, 0.2) is 0 Å². The van der Waals surface area contributed by atoms with Crippen LogP contribution < -0.4 is 15.8 Å². The number of hydrogen-bond donors (Lipinski definition) is 3. The van der Waals surface area contributed by atoms with E-state index in [1.807, 2.05) is 0 Å². The molecule has 1 aliphatic rings. The van der Waals surface area contributed by atoms with Gasteiger partial charge in [0.05, 0.1) is 5.69 Å². The number of primary sulfonamides is 1. The van der Waals surface area contributed by atoms with Crippen molar-refractivity contribution >= 4 is 21.4 Å². The first kappa shape index (κ1) is 15.1. The monoisotopic (exact) mass is 299 g/mol. The molecule has 1 saturated heterocycles. The molecule has 1 fully saturated rings. The highest BCUT2D eigenvalue weighted by Crippen LogP contribution is 2.33. The van der Waals surface area contributed by atoms with Crippen molar-refractivity contribution in [3.8, 4) is 0 Å². The van der Waals surface area contributed by atoms with Crippen molar-refractivity contribution in [1.82, 2.24) is 0 Å². The molecule has 1 aromatic rings. The third-order valence-corrected chi connectivity index (χ3v) is 4.61. The Bertz CT molecular complexity index is 574. The number of nitrogens with zero attached hydrogens (tertiary/aromatic N) is 1. The minimum Gasteiger partial charge on any atom is -0.399 e. The average Bonchev–Trinajstić information content (AvgIpc) is 2.83. The van der Waals surface area contributed by atoms with Crippen LogP contribution in [-0.4, -0.2) is 32.7 Å². The Labute approximate surface area is 119 Å². The Morgan fingerprint density at radius 2 is 2.15 bits per heavy atom. The molecule has 112 valence electrons. The summed E-state index contributed by atoms with van der Waals surface area (Å²) in [5.41, 5.74) is 6.66. The molecule has 0 aliphatic carbocycles. The molecule has 1 aromatic carbocycles. The third-order valence-electron chi connectivity index (χ3n) is 3.67. The molecule has 0 aromatic heterocycles. The van der Waals surface area contributed by atoms with Gasteiger partial charge in [0.2, 0.25) is 10.0 Å². The van der Waals surface area contributed by atoms with Gasteiger partial charge in [-0.3, -0.25) is 0 Å². The van der Waals surface area contributed by atoms with Gasteiger partial charge in [-0.1, -0.05) is 0 Å². The Morgan fingerprint density at radius 1 is 1.40 bits per heavy atom. The summed E-state index contributed by atoms with van der Waals surface area (Å²) in [4.78, 5) is 2.14. The Hall–Kier alpha value is -1.31. The van der Waals surface area contributed by atoms with E-state index >= 15 is 0 Å². The van der Waals surface area contributed by atoms with E-state index < -0.39 is 10.0 Å². The molecule has 1 atom stereocenters. The van der Waals surface area contributed by atoms with Crippen LogP contribution in [0.2, 0.25) is 0 Å². The second-order valence-corrected chi connectivity index (χ2v) is 6.66.